The van der Waals surface area contributed by atoms with E-state index in [1.807, 2.05) is 0 Å². The summed E-state index contributed by atoms with van der Waals surface area (Å²) < 4.78 is 40.9. The van der Waals surface area contributed by atoms with Gasteiger partial charge in [-0.25, -0.2) is 4.98 Å². The van der Waals surface area contributed by atoms with Gasteiger partial charge in [0.25, 0.3) is 0 Å². The number of rotatable bonds is 5. The van der Waals surface area contributed by atoms with Crippen LogP contribution in [-0.4, -0.2) is 29.8 Å². The van der Waals surface area contributed by atoms with Crippen molar-refractivity contribution in [2.24, 2.45) is 0 Å². The van der Waals surface area contributed by atoms with Gasteiger partial charge in [-0.1, -0.05) is 0 Å². The molecule has 1 aromatic rings. The number of alkyl halides is 3. The van der Waals surface area contributed by atoms with Gasteiger partial charge < -0.3 is 10.1 Å². The predicted molar refractivity (Wildman–Crippen MR) is 55.7 cm³/mol. The minimum Gasteiger partial charge on any atom is -0.477 e. The molecule has 0 bridgehead atoms. The number of ether oxygens (including phenoxy) is 1. The summed E-state index contributed by atoms with van der Waals surface area (Å²) in [6.45, 7) is 1.66. The fourth-order valence-electron chi connectivity index (χ4n) is 1.17. The van der Waals surface area contributed by atoms with Crippen molar-refractivity contribution in [1.82, 2.24) is 15.3 Å². The molecule has 0 radical (unpaired) electrons. The van der Waals surface area contributed by atoms with E-state index >= 15 is 0 Å². The van der Waals surface area contributed by atoms with Gasteiger partial charge in [0.05, 0.1) is 13.0 Å². The van der Waals surface area contributed by atoms with Crippen LogP contribution < -0.4 is 10.1 Å². The predicted octanol–water partition coefficient (Wildman–Crippen LogP) is 1.84. The quantitative estimate of drug-likeness (QED) is 0.865. The fourth-order valence-corrected chi connectivity index (χ4v) is 1.17. The van der Waals surface area contributed by atoms with Crippen LogP contribution in [0.25, 0.3) is 0 Å². The zero-order chi connectivity index (χ0) is 12.9. The van der Waals surface area contributed by atoms with Gasteiger partial charge in [-0.3, -0.25) is 0 Å². The summed E-state index contributed by atoms with van der Waals surface area (Å²) in [6, 6.07) is 0. The normalized spacial score (nSPS) is 11.6. The maximum Gasteiger partial charge on any atom is 0.392 e. The zero-order valence-corrected chi connectivity index (χ0v) is 9.64. The van der Waals surface area contributed by atoms with Crippen LogP contribution in [0.4, 0.5) is 13.2 Å². The number of halogens is 3. The third-order valence-corrected chi connectivity index (χ3v) is 1.94. The van der Waals surface area contributed by atoms with Crippen LogP contribution >= 0.6 is 0 Å². The molecule has 1 heterocycles. The number of nitrogens with one attached hydrogen (secondary N) is 1. The average Bonchev–Trinajstić information content (AvgIpc) is 2.20. The molecule has 17 heavy (non-hydrogen) atoms. The van der Waals surface area contributed by atoms with E-state index in [0.717, 1.165) is 0 Å². The molecule has 0 amide bonds. The van der Waals surface area contributed by atoms with Crippen LogP contribution in [0.3, 0.4) is 0 Å². The molecule has 0 fully saturated rings. The molecule has 0 saturated carbocycles. The lowest BCUT2D eigenvalue weighted by molar-refractivity contribution is -0.139. The summed E-state index contributed by atoms with van der Waals surface area (Å²) in [4.78, 5) is 7.93. The van der Waals surface area contributed by atoms with Crippen LogP contribution in [0, 0.1) is 6.92 Å². The first-order valence-electron chi connectivity index (χ1n) is 5.09. The number of aryl methyl sites for hydroxylation is 1. The number of aromatic nitrogens is 2. The van der Waals surface area contributed by atoms with E-state index in [-0.39, 0.29) is 5.88 Å². The lowest BCUT2D eigenvalue weighted by Crippen LogP contribution is -2.15. The van der Waals surface area contributed by atoms with Crippen molar-refractivity contribution >= 4 is 0 Å². The molecule has 0 atom stereocenters. The maximum atomic E-state index is 12.0. The van der Waals surface area contributed by atoms with Crippen LogP contribution in [0.5, 0.6) is 5.88 Å². The lowest BCUT2D eigenvalue weighted by atomic mass is 10.3. The van der Waals surface area contributed by atoms with Crippen molar-refractivity contribution in [2.75, 3.05) is 13.7 Å². The monoisotopic (exact) mass is 249 g/mol. The highest BCUT2D eigenvalue weighted by Crippen LogP contribution is 2.21. The SMILES string of the molecule is CNCc1cnc(C)nc1OCCC(F)(F)F. The minimum absolute atomic E-state index is 0.205. The lowest BCUT2D eigenvalue weighted by Gasteiger charge is -2.11. The van der Waals surface area contributed by atoms with Gasteiger partial charge in [-0.15, -0.1) is 0 Å². The average molecular weight is 249 g/mol. The van der Waals surface area contributed by atoms with Crippen molar-refractivity contribution in [2.45, 2.75) is 26.1 Å². The van der Waals surface area contributed by atoms with Gasteiger partial charge in [-0.05, 0) is 14.0 Å². The topological polar surface area (TPSA) is 47.0 Å². The van der Waals surface area contributed by atoms with E-state index < -0.39 is 19.2 Å². The minimum atomic E-state index is -4.22. The summed E-state index contributed by atoms with van der Waals surface area (Å²) in [5.74, 6) is 0.669. The summed E-state index contributed by atoms with van der Waals surface area (Å²) in [6.07, 6.45) is -3.66. The molecule has 7 heteroatoms. The molecular formula is C10H14F3N3O. The van der Waals surface area contributed by atoms with Crippen LogP contribution in [0.15, 0.2) is 6.20 Å². The Morgan fingerprint density at radius 1 is 1.41 bits per heavy atom. The second-order valence-corrected chi connectivity index (χ2v) is 3.49. The van der Waals surface area contributed by atoms with E-state index in [2.05, 4.69) is 15.3 Å². The number of hydrogen-bond acceptors (Lipinski definition) is 4. The Labute approximate surface area is 97.2 Å². The zero-order valence-electron chi connectivity index (χ0n) is 9.64. The molecule has 1 rings (SSSR count). The number of hydrogen-bond donors (Lipinski definition) is 1. The maximum absolute atomic E-state index is 12.0. The van der Waals surface area contributed by atoms with E-state index in [1.54, 1.807) is 20.2 Å². The molecule has 96 valence electrons. The molecule has 0 aliphatic heterocycles. The van der Waals surface area contributed by atoms with E-state index in [0.29, 0.717) is 17.9 Å². The highest BCUT2D eigenvalue weighted by molar-refractivity contribution is 5.23. The molecular weight excluding hydrogens is 235 g/mol. The first-order valence-corrected chi connectivity index (χ1v) is 5.09. The van der Waals surface area contributed by atoms with Crippen molar-refractivity contribution < 1.29 is 17.9 Å². The second kappa shape index (κ2) is 5.81. The molecule has 0 aliphatic rings. The molecule has 1 aromatic heterocycles. The fraction of sp³-hybridized carbons (Fsp3) is 0.600. The Bertz CT molecular complexity index is 368. The van der Waals surface area contributed by atoms with Crippen LogP contribution in [-0.2, 0) is 6.54 Å². The van der Waals surface area contributed by atoms with Crippen molar-refractivity contribution in [1.29, 1.82) is 0 Å². The molecule has 0 aromatic carbocycles. The molecule has 1 N–H and O–H groups in total. The smallest absolute Gasteiger partial charge is 0.392 e. The summed E-state index contributed by atoms with van der Waals surface area (Å²) in [5.41, 5.74) is 0.639. The Balaban J connectivity index is 2.65. The van der Waals surface area contributed by atoms with Gasteiger partial charge in [-0.2, -0.15) is 18.2 Å². The largest absolute Gasteiger partial charge is 0.477 e. The molecule has 0 spiro atoms. The van der Waals surface area contributed by atoms with Crippen molar-refractivity contribution in [3.05, 3.63) is 17.6 Å². The first-order chi connectivity index (χ1) is 7.92. The highest BCUT2D eigenvalue weighted by Gasteiger charge is 2.27. The van der Waals surface area contributed by atoms with Crippen LogP contribution in [0.1, 0.15) is 17.8 Å². The Kier molecular flexibility index (Phi) is 4.68. The van der Waals surface area contributed by atoms with E-state index in [4.69, 9.17) is 4.74 Å². The van der Waals surface area contributed by atoms with E-state index in [9.17, 15) is 13.2 Å². The summed E-state index contributed by atoms with van der Waals surface area (Å²) in [7, 11) is 1.72. The third-order valence-electron chi connectivity index (χ3n) is 1.94. The van der Waals surface area contributed by atoms with Crippen molar-refractivity contribution in [3.63, 3.8) is 0 Å². The molecule has 0 unspecified atom stereocenters. The summed E-state index contributed by atoms with van der Waals surface area (Å²) in [5, 5.41) is 2.87. The highest BCUT2D eigenvalue weighted by atomic mass is 19.4. The van der Waals surface area contributed by atoms with Crippen LogP contribution in [0.2, 0.25) is 0 Å². The third kappa shape index (κ3) is 4.99. The van der Waals surface area contributed by atoms with Gasteiger partial charge in [0.1, 0.15) is 5.82 Å². The van der Waals surface area contributed by atoms with Gasteiger partial charge in [0.2, 0.25) is 5.88 Å². The Hall–Kier alpha value is -1.37. The Morgan fingerprint density at radius 2 is 2.12 bits per heavy atom. The van der Waals surface area contributed by atoms with Crippen molar-refractivity contribution in [3.8, 4) is 5.88 Å². The standard InChI is InChI=1S/C10H14F3N3O/c1-7-15-6-8(5-14-2)9(16-7)17-4-3-10(11,12)13/h6,14H,3-5H2,1-2H3. The first kappa shape index (κ1) is 13.7. The summed E-state index contributed by atoms with van der Waals surface area (Å²) >= 11 is 0. The van der Waals surface area contributed by atoms with Gasteiger partial charge in [0.15, 0.2) is 0 Å². The number of nitrogens with zero attached hydrogens (tertiary/aromatic N) is 2. The van der Waals surface area contributed by atoms with Gasteiger partial charge >= 0.3 is 6.18 Å². The second-order valence-electron chi connectivity index (χ2n) is 3.49. The van der Waals surface area contributed by atoms with Gasteiger partial charge in [0, 0.05) is 18.3 Å². The Morgan fingerprint density at radius 3 is 2.71 bits per heavy atom. The van der Waals surface area contributed by atoms with E-state index in [1.165, 1.54) is 0 Å². The molecule has 4 nitrogen and oxygen atoms in total. The molecule has 0 aliphatic carbocycles. The molecule has 0 saturated heterocycles.